The third kappa shape index (κ3) is 5.27. The molecule has 2 aliphatic rings. The van der Waals surface area contributed by atoms with Crippen LogP contribution in [0.3, 0.4) is 0 Å². The number of aliphatic hydroxyl groups is 1. The Kier molecular flexibility index (Phi) is 8.34. The van der Waals surface area contributed by atoms with Crippen LogP contribution >= 0.6 is 0 Å². The molecule has 0 bridgehead atoms. The molecule has 2 aliphatic heterocycles. The second kappa shape index (κ2) is 10.5. The Labute approximate surface area is 164 Å². The van der Waals surface area contributed by atoms with Crippen LogP contribution in [-0.4, -0.2) is 79.1 Å². The summed E-state index contributed by atoms with van der Waals surface area (Å²) in [7, 11) is 0. The van der Waals surface area contributed by atoms with Crippen LogP contribution in [0.25, 0.3) is 0 Å². The van der Waals surface area contributed by atoms with Crippen molar-refractivity contribution in [3.05, 3.63) is 0 Å². The maximum Gasteiger partial charge on any atom is 0.328 e. The van der Waals surface area contributed by atoms with Gasteiger partial charge in [0.05, 0.1) is 6.61 Å². The number of unbranched alkanes of at least 4 members (excludes halogenated alkanes) is 3. The predicted octanol–water partition coefficient (Wildman–Crippen LogP) is -1.31. The maximum absolute atomic E-state index is 12.9. The van der Waals surface area contributed by atoms with E-state index >= 15 is 0 Å². The molecule has 10 heteroatoms. The molecule has 28 heavy (non-hydrogen) atoms. The highest BCUT2D eigenvalue weighted by molar-refractivity contribution is 6.19. The summed E-state index contributed by atoms with van der Waals surface area (Å²) >= 11 is 0. The second-order valence-electron chi connectivity index (χ2n) is 7.34. The predicted molar refractivity (Wildman–Crippen MR) is 101 cm³/mol. The molecule has 0 aromatic heterocycles. The molecule has 1 unspecified atom stereocenters. The molecule has 5 N–H and O–H groups in total. The smallest absolute Gasteiger partial charge is 0.328 e. The van der Waals surface area contributed by atoms with Gasteiger partial charge in [-0.2, -0.15) is 0 Å². The molecule has 158 valence electrons. The Morgan fingerprint density at radius 2 is 1.86 bits per heavy atom. The van der Waals surface area contributed by atoms with Gasteiger partial charge in [-0.25, -0.2) is 4.79 Å². The third-order valence-corrected chi connectivity index (χ3v) is 5.45. The molecule has 2 fully saturated rings. The first kappa shape index (κ1) is 22.3. The Balaban J connectivity index is 2.07. The van der Waals surface area contributed by atoms with E-state index in [0.29, 0.717) is 45.6 Å². The molecule has 0 aromatic carbocycles. The minimum Gasteiger partial charge on any atom is -0.395 e. The number of carbonyl (C=O) groups excluding carboxylic acids is 4. The first-order chi connectivity index (χ1) is 13.4. The van der Waals surface area contributed by atoms with E-state index in [1.165, 1.54) is 6.92 Å². The van der Waals surface area contributed by atoms with Crippen LogP contribution in [0, 0.1) is 5.41 Å². The van der Waals surface area contributed by atoms with Crippen molar-refractivity contribution in [3.63, 3.8) is 0 Å². The number of urea groups is 1. The number of hydrogen-bond acceptors (Lipinski definition) is 7. The zero-order valence-corrected chi connectivity index (χ0v) is 16.4. The number of barbiturate groups is 1. The van der Waals surface area contributed by atoms with Crippen LogP contribution < -0.4 is 21.3 Å². The average molecular weight is 397 g/mol. The van der Waals surface area contributed by atoms with Crippen molar-refractivity contribution in [2.45, 2.75) is 45.1 Å². The van der Waals surface area contributed by atoms with Gasteiger partial charge in [-0.05, 0) is 12.8 Å². The molecule has 2 saturated heterocycles. The van der Waals surface area contributed by atoms with Gasteiger partial charge < -0.3 is 15.7 Å². The standard InChI is InChI=1S/C18H31N5O5/c1-13(25)20-7-5-3-2-4-6-18(15(26)21-17(28)22-16(18)27)14-12-19-8-9-23(14)10-11-24/h14,19,24H,2-12H2,1H3,(H,20,25)(H2,21,22,26,27,28). The van der Waals surface area contributed by atoms with Gasteiger partial charge in [0, 0.05) is 45.7 Å². The summed E-state index contributed by atoms with van der Waals surface area (Å²) in [5.41, 5.74) is -1.38. The van der Waals surface area contributed by atoms with Crippen molar-refractivity contribution >= 4 is 23.8 Å². The van der Waals surface area contributed by atoms with Crippen molar-refractivity contribution in [2.75, 3.05) is 39.3 Å². The SMILES string of the molecule is CC(=O)NCCCCCCC1(C2CNCCN2CCO)C(=O)NC(=O)NC1=O. The van der Waals surface area contributed by atoms with Crippen LogP contribution in [0.4, 0.5) is 4.79 Å². The molecule has 0 spiro atoms. The number of piperazine rings is 1. The number of imide groups is 2. The molecular formula is C18H31N5O5. The molecule has 2 heterocycles. The summed E-state index contributed by atoms with van der Waals surface area (Å²) in [5.74, 6) is -1.21. The monoisotopic (exact) mass is 397 g/mol. The summed E-state index contributed by atoms with van der Waals surface area (Å²) in [4.78, 5) is 50.2. The lowest BCUT2D eigenvalue weighted by Gasteiger charge is -2.47. The minimum atomic E-state index is -1.38. The Morgan fingerprint density at radius 1 is 1.18 bits per heavy atom. The lowest BCUT2D eigenvalue weighted by molar-refractivity contribution is -0.151. The fourth-order valence-corrected chi connectivity index (χ4v) is 4.04. The largest absolute Gasteiger partial charge is 0.395 e. The number of nitrogens with one attached hydrogen (secondary N) is 4. The van der Waals surface area contributed by atoms with Gasteiger partial charge in [-0.1, -0.05) is 19.3 Å². The third-order valence-electron chi connectivity index (χ3n) is 5.45. The molecule has 2 rings (SSSR count). The van der Waals surface area contributed by atoms with Crippen LogP contribution in [0.1, 0.15) is 39.0 Å². The normalized spacial score (nSPS) is 22.5. The Bertz CT molecular complexity index is 575. The highest BCUT2D eigenvalue weighted by Gasteiger charge is 2.56. The van der Waals surface area contributed by atoms with E-state index in [-0.39, 0.29) is 12.5 Å². The van der Waals surface area contributed by atoms with Crippen molar-refractivity contribution in [2.24, 2.45) is 5.41 Å². The van der Waals surface area contributed by atoms with Gasteiger partial charge in [0.15, 0.2) is 0 Å². The number of carbonyl (C=O) groups is 4. The lowest BCUT2D eigenvalue weighted by atomic mass is 9.71. The van der Waals surface area contributed by atoms with Gasteiger partial charge in [0.25, 0.3) is 0 Å². The molecule has 10 nitrogen and oxygen atoms in total. The average Bonchev–Trinajstić information content (AvgIpc) is 2.63. The van der Waals surface area contributed by atoms with Crippen molar-refractivity contribution in [3.8, 4) is 0 Å². The first-order valence-electron chi connectivity index (χ1n) is 9.88. The summed E-state index contributed by atoms with van der Waals surface area (Å²) in [6.07, 6.45) is 3.44. The molecule has 5 amide bonds. The fourth-order valence-electron chi connectivity index (χ4n) is 4.04. The Morgan fingerprint density at radius 3 is 2.50 bits per heavy atom. The first-order valence-corrected chi connectivity index (χ1v) is 9.88. The zero-order valence-electron chi connectivity index (χ0n) is 16.4. The maximum atomic E-state index is 12.9. The number of nitrogens with zero attached hydrogens (tertiary/aromatic N) is 1. The zero-order chi connectivity index (χ0) is 20.6. The van der Waals surface area contributed by atoms with Crippen molar-refractivity contribution in [1.29, 1.82) is 0 Å². The Hall–Kier alpha value is -2.04. The molecule has 0 saturated carbocycles. The van der Waals surface area contributed by atoms with Crippen LogP contribution in [0.5, 0.6) is 0 Å². The van der Waals surface area contributed by atoms with Gasteiger partial charge in [0.1, 0.15) is 5.41 Å². The quantitative estimate of drug-likeness (QED) is 0.228. The number of aliphatic hydroxyl groups excluding tert-OH is 1. The highest BCUT2D eigenvalue weighted by atomic mass is 16.3. The number of hydrogen-bond donors (Lipinski definition) is 5. The highest BCUT2D eigenvalue weighted by Crippen LogP contribution is 2.35. The topological polar surface area (TPSA) is 140 Å². The second-order valence-corrected chi connectivity index (χ2v) is 7.34. The van der Waals surface area contributed by atoms with E-state index in [2.05, 4.69) is 21.3 Å². The fraction of sp³-hybridized carbons (Fsp3) is 0.778. The van der Waals surface area contributed by atoms with Crippen LogP contribution in [-0.2, 0) is 14.4 Å². The molecule has 0 aromatic rings. The summed E-state index contributed by atoms with van der Waals surface area (Å²) in [5, 5.41) is 19.9. The van der Waals surface area contributed by atoms with E-state index in [4.69, 9.17) is 0 Å². The van der Waals surface area contributed by atoms with Gasteiger partial charge in [-0.15, -0.1) is 0 Å². The summed E-state index contributed by atoms with van der Waals surface area (Å²) in [6, 6.07) is -1.24. The number of amides is 5. The van der Waals surface area contributed by atoms with Crippen LogP contribution in [0.15, 0.2) is 0 Å². The van der Waals surface area contributed by atoms with Gasteiger partial charge >= 0.3 is 6.03 Å². The molecule has 1 atom stereocenters. The van der Waals surface area contributed by atoms with E-state index < -0.39 is 29.3 Å². The number of rotatable bonds is 10. The molecule has 0 aliphatic carbocycles. The molecule has 0 radical (unpaired) electrons. The number of β-amino-alcohol motifs (C(OH)–C–C–N with tert-alkyl or cyclic N) is 1. The van der Waals surface area contributed by atoms with E-state index in [1.54, 1.807) is 0 Å². The van der Waals surface area contributed by atoms with Crippen molar-refractivity contribution in [1.82, 2.24) is 26.2 Å². The van der Waals surface area contributed by atoms with E-state index in [9.17, 15) is 24.3 Å². The molecular weight excluding hydrogens is 366 g/mol. The summed E-state index contributed by atoms with van der Waals surface area (Å²) in [6.45, 7) is 4.11. The van der Waals surface area contributed by atoms with Crippen molar-refractivity contribution < 1.29 is 24.3 Å². The van der Waals surface area contributed by atoms with E-state index in [0.717, 1.165) is 19.3 Å². The van der Waals surface area contributed by atoms with Crippen LogP contribution in [0.2, 0.25) is 0 Å². The van der Waals surface area contributed by atoms with E-state index in [1.807, 2.05) is 4.90 Å². The van der Waals surface area contributed by atoms with Gasteiger partial charge in [-0.3, -0.25) is 29.9 Å². The van der Waals surface area contributed by atoms with Gasteiger partial charge in [0.2, 0.25) is 17.7 Å². The lowest BCUT2D eigenvalue weighted by Crippen LogP contribution is -2.72. The minimum absolute atomic E-state index is 0.0621. The summed E-state index contributed by atoms with van der Waals surface area (Å²) < 4.78 is 0.